The second kappa shape index (κ2) is 11.9. The summed E-state index contributed by atoms with van der Waals surface area (Å²) in [5.74, 6) is -0.189. The van der Waals surface area contributed by atoms with Crippen molar-refractivity contribution in [3.8, 4) is 17.0 Å². The standard InChI is InChI=1S/C30H33F3N2O4/c1-7-38-28(37)29(5,6)39-26-15-10-22(16-19(26)3)18(2)17-27(36)35-24-13-14-25(34-20(24)4)21-8-11-23(12-9-21)30(31,32)33/h8-16,18H,7,17H2,1-6H3,(H,35,36). The highest BCUT2D eigenvalue weighted by atomic mass is 19.4. The Morgan fingerprint density at radius 2 is 1.67 bits per heavy atom. The zero-order valence-electron chi connectivity index (χ0n) is 22.9. The first kappa shape index (κ1) is 29.7. The van der Waals surface area contributed by atoms with Gasteiger partial charge in [-0.3, -0.25) is 9.78 Å². The van der Waals surface area contributed by atoms with Gasteiger partial charge < -0.3 is 14.8 Å². The highest BCUT2D eigenvalue weighted by molar-refractivity contribution is 5.92. The van der Waals surface area contributed by atoms with Crippen LogP contribution in [0.5, 0.6) is 5.75 Å². The summed E-state index contributed by atoms with van der Waals surface area (Å²) in [5.41, 5.74) is 2.05. The predicted molar refractivity (Wildman–Crippen MR) is 144 cm³/mol. The van der Waals surface area contributed by atoms with Gasteiger partial charge in [0, 0.05) is 12.0 Å². The number of pyridine rings is 1. The van der Waals surface area contributed by atoms with Gasteiger partial charge in [0.25, 0.3) is 0 Å². The molecule has 0 bridgehead atoms. The van der Waals surface area contributed by atoms with Crippen molar-refractivity contribution in [2.24, 2.45) is 0 Å². The van der Waals surface area contributed by atoms with E-state index in [1.165, 1.54) is 12.1 Å². The molecule has 0 aliphatic rings. The molecular formula is C30H33F3N2O4. The molecule has 6 nitrogen and oxygen atoms in total. The fourth-order valence-corrected chi connectivity index (χ4v) is 4.00. The molecule has 208 valence electrons. The third-order valence-corrected chi connectivity index (χ3v) is 6.26. The fourth-order valence-electron chi connectivity index (χ4n) is 4.00. The van der Waals surface area contributed by atoms with Gasteiger partial charge in [0.2, 0.25) is 5.91 Å². The Morgan fingerprint density at radius 3 is 2.23 bits per heavy atom. The average Bonchev–Trinajstić information content (AvgIpc) is 2.86. The van der Waals surface area contributed by atoms with E-state index >= 15 is 0 Å². The van der Waals surface area contributed by atoms with E-state index in [1.54, 1.807) is 45.9 Å². The number of nitrogens with one attached hydrogen (secondary N) is 1. The van der Waals surface area contributed by atoms with Gasteiger partial charge in [0.05, 0.1) is 29.2 Å². The number of ether oxygens (including phenoxy) is 2. The van der Waals surface area contributed by atoms with Crippen LogP contribution in [0.15, 0.2) is 54.6 Å². The van der Waals surface area contributed by atoms with Crippen LogP contribution in [0.25, 0.3) is 11.3 Å². The van der Waals surface area contributed by atoms with Gasteiger partial charge >= 0.3 is 12.1 Å². The lowest BCUT2D eigenvalue weighted by atomic mass is 9.95. The molecule has 9 heteroatoms. The number of hydrogen-bond acceptors (Lipinski definition) is 5. The van der Waals surface area contributed by atoms with Gasteiger partial charge in [-0.1, -0.05) is 31.2 Å². The lowest BCUT2D eigenvalue weighted by Crippen LogP contribution is -2.39. The third-order valence-electron chi connectivity index (χ3n) is 6.26. The number of benzene rings is 2. The van der Waals surface area contributed by atoms with Crippen LogP contribution in [0, 0.1) is 13.8 Å². The molecule has 1 heterocycles. The van der Waals surface area contributed by atoms with Crippen LogP contribution < -0.4 is 10.1 Å². The number of amides is 1. The van der Waals surface area contributed by atoms with E-state index in [9.17, 15) is 22.8 Å². The Morgan fingerprint density at radius 1 is 1.00 bits per heavy atom. The average molecular weight is 543 g/mol. The van der Waals surface area contributed by atoms with Crippen molar-refractivity contribution in [2.45, 2.75) is 65.7 Å². The third kappa shape index (κ3) is 7.59. The van der Waals surface area contributed by atoms with E-state index in [0.29, 0.717) is 28.4 Å². The van der Waals surface area contributed by atoms with Crippen LogP contribution in [-0.2, 0) is 20.5 Å². The minimum Gasteiger partial charge on any atom is -0.476 e. The van der Waals surface area contributed by atoms with Gasteiger partial charge in [-0.05, 0) is 82.0 Å². The maximum Gasteiger partial charge on any atom is 0.416 e. The zero-order valence-corrected chi connectivity index (χ0v) is 22.9. The second-order valence-corrected chi connectivity index (χ2v) is 9.92. The molecular weight excluding hydrogens is 509 g/mol. The number of nitrogens with zero attached hydrogens (tertiary/aromatic N) is 1. The molecule has 39 heavy (non-hydrogen) atoms. The topological polar surface area (TPSA) is 77.5 Å². The van der Waals surface area contributed by atoms with Crippen molar-refractivity contribution >= 4 is 17.6 Å². The SMILES string of the molecule is CCOC(=O)C(C)(C)Oc1ccc(C(C)CC(=O)Nc2ccc(-c3ccc(C(F)(F)F)cc3)nc2C)cc1C. The number of esters is 1. The fraction of sp³-hybridized carbons (Fsp3) is 0.367. The van der Waals surface area contributed by atoms with Crippen molar-refractivity contribution in [3.63, 3.8) is 0 Å². The number of hydrogen-bond donors (Lipinski definition) is 1. The number of aromatic nitrogens is 1. The van der Waals surface area contributed by atoms with Crippen molar-refractivity contribution in [1.82, 2.24) is 4.98 Å². The number of carbonyl (C=O) groups excluding carboxylic acids is 2. The Bertz CT molecular complexity index is 1340. The molecule has 3 aromatic rings. The van der Waals surface area contributed by atoms with E-state index in [-0.39, 0.29) is 24.9 Å². The largest absolute Gasteiger partial charge is 0.476 e. The van der Waals surface area contributed by atoms with E-state index in [0.717, 1.165) is 23.3 Å². The Labute approximate surface area is 226 Å². The van der Waals surface area contributed by atoms with E-state index in [2.05, 4.69) is 10.3 Å². The predicted octanol–water partition coefficient (Wildman–Crippen LogP) is 7.24. The Hall–Kier alpha value is -3.88. The molecule has 0 radical (unpaired) electrons. The van der Waals surface area contributed by atoms with Gasteiger partial charge in [0.15, 0.2) is 5.60 Å². The first-order valence-corrected chi connectivity index (χ1v) is 12.6. The first-order valence-electron chi connectivity index (χ1n) is 12.6. The lowest BCUT2D eigenvalue weighted by Gasteiger charge is -2.25. The molecule has 1 N–H and O–H groups in total. The van der Waals surface area contributed by atoms with Crippen LogP contribution in [0.3, 0.4) is 0 Å². The zero-order chi connectivity index (χ0) is 29.0. The monoisotopic (exact) mass is 542 g/mol. The van der Waals surface area contributed by atoms with Gasteiger partial charge in [-0.2, -0.15) is 13.2 Å². The molecule has 0 saturated heterocycles. The Balaban J connectivity index is 1.64. The molecule has 0 saturated carbocycles. The van der Waals surface area contributed by atoms with Crippen molar-refractivity contribution in [1.29, 1.82) is 0 Å². The quantitative estimate of drug-likeness (QED) is 0.289. The highest BCUT2D eigenvalue weighted by Crippen LogP contribution is 2.32. The van der Waals surface area contributed by atoms with Crippen molar-refractivity contribution < 1.29 is 32.2 Å². The number of aryl methyl sites for hydroxylation is 2. The molecule has 0 aliphatic heterocycles. The van der Waals surface area contributed by atoms with Gasteiger partial charge in [-0.15, -0.1) is 0 Å². The molecule has 1 aromatic heterocycles. The molecule has 3 rings (SSSR count). The second-order valence-electron chi connectivity index (χ2n) is 9.92. The van der Waals surface area contributed by atoms with Crippen molar-refractivity contribution in [2.75, 3.05) is 11.9 Å². The van der Waals surface area contributed by atoms with Crippen LogP contribution in [-0.4, -0.2) is 29.1 Å². The highest BCUT2D eigenvalue weighted by Gasteiger charge is 2.32. The lowest BCUT2D eigenvalue weighted by molar-refractivity contribution is -0.158. The number of rotatable bonds is 9. The van der Waals surface area contributed by atoms with Crippen LogP contribution in [0.2, 0.25) is 0 Å². The molecule has 0 fully saturated rings. The van der Waals surface area contributed by atoms with E-state index in [1.807, 2.05) is 26.0 Å². The van der Waals surface area contributed by atoms with E-state index in [4.69, 9.17) is 9.47 Å². The molecule has 0 spiro atoms. The molecule has 0 aliphatic carbocycles. The van der Waals surface area contributed by atoms with Gasteiger partial charge in [0.1, 0.15) is 5.75 Å². The molecule has 1 atom stereocenters. The summed E-state index contributed by atoms with van der Waals surface area (Å²) < 4.78 is 49.5. The summed E-state index contributed by atoms with van der Waals surface area (Å²) in [6, 6.07) is 13.7. The first-order chi connectivity index (χ1) is 18.2. The summed E-state index contributed by atoms with van der Waals surface area (Å²) in [7, 11) is 0. The maximum absolute atomic E-state index is 12.8. The number of anilines is 1. The van der Waals surface area contributed by atoms with Crippen molar-refractivity contribution in [3.05, 3.63) is 77.0 Å². The number of alkyl halides is 3. The summed E-state index contributed by atoms with van der Waals surface area (Å²) >= 11 is 0. The molecule has 1 unspecified atom stereocenters. The van der Waals surface area contributed by atoms with Crippen LogP contribution in [0.4, 0.5) is 18.9 Å². The Kier molecular flexibility index (Phi) is 9.04. The van der Waals surface area contributed by atoms with Gasteiger partial charge in [-0.25, -0.2) is 4.79 Å². The number of carbonyl (C=O) groups is 2. The summed E-state index contributed by atoms with van der Waals surface area (Å²) in [5, 5.41) is 2.87. The normalized spacial score (nSPS) is 12.5. The minimum absolute atomic E-state index is 0.101. The minimum atomic E-state index is -4.40. The van der Waals surface area contributed by atoms with Crippen LogP contribution >= 0.6 is 0 Å². The smallest absolute Gasteiger partial charge is 0.416 e. The molecule has 2 aromatic carbocycles. The molecule has 1 amide bonds. The summed E-state index contributed by atoms with van der Waals surface area (Å²) in [6.07, 6.45) is -4.18. The summed E-state index contributed by atoms with van der Waals surface area (Å²) in [6.45, 7) is 10.9. The maximum atomic E-state index is 12.8. The van der Waals surface area contributed by atoms with Crippen LogP contribution in [0.1, 0.15) is 62.4 Å². The van der Waals surface area contributed by atoms with E-state index < -0.39 is 23.3 Å². The number of halogens is 3. The summed E-state index contributed by atoms with van der Waals surface area (Å²) in [4.78, 5) is 29.4.